The molecule has 1 N–H and O–H groups in total. The van der Waals surface area contributed by atoms with E-state index in [1.807, 2.05) is 0 Å². The molecule has 1 saturated heterocycles. The van der Waals surface area contributed by atoms with Crippen molar-refractivity contribution in [2.75, 3.05) is 32.1 Å². The van der Waals surface area contributed by atoms with Crippen LogP contribution in [0.4, 0.5) is 0 Å². The fourth-order valence-electron chi connectivity index (χ4n) is 2.20. The van der Waals surface area contributed by atoms with Gasteiger partial charge in [-0.1, -0.05) is 13.8 Å². The van der Waals surface area contributed by atoms with E-state index < -0.39 is 0 Å². The first-order valence-corrected chi connectivity index (χ1v) is 7.24. The SMILES string of the molecule is CC(C)C(CNC1CCSCC1)N(C)C. The highest BCUT2D eigenvalue weighted by Gasteiger charge is 2.18. The van der Waals surface area contributed by atoms with Crippen molar-refractivity contribution in [1.82, 2.24) is 10.2 Å². The predicted octanol–water partition coefficient (Wildman–Crippen LogP) is 2.06. The zero-order chi connectivity index (χ0) is 11.3. The van der Waals surface area contributed by atoms with E-state index in [1.165, 1.54) is 24.3 Å². The summed E-state index contributed by atoms with van der Waals surface area (Å²) in [6.07, 6.45) is 2.70. The zero-order valence-electron chi connectivity index (χ0n) is 10.6. The normalized spacial score (nSPS) is 21.2. The first-order valence-electron chi connectivity index (χ1n) is 6.08. The highest BCUT2D eigenvalue weighted by atomic mass is 32.2. The van der Waals surface area contributed by atoms with E-state index in [2.05, 4.69) is 49.9 Å². The minimum absolute atomic E-state index is 0.666. The summed E-state index contributed by atoms with van der Waals surface area (Å²) < 4.78 is 0. The second kappa shape index (κ2) is 6.77. The highest BCUT2D eigenvalue weighted by molar-refractivity contribution is 7.99. The molecule has 1 atom stereocenters. The third-order valence-electron chi connectivity index (χ3n) is 3.27. The summed E-state index contributed by atoms with van der Waals surface area (Å²) in [5.41, 5.74) is 0. The molecule has 0 bridgehead atoms. The van der Waals surface area contributed by atoms with Crippen molar-refractivity contribution in [3.8, 4) is 0 Å². The lowest BCUT2D eigenvalue weighted by Crippen LogP contribution is -2.45. The first kappa shape index (κ1) is 13.3. The van der Waals surface area contributed by atoms with E-state index in [0.717, 1.165) is 18.5 Å². The molecule has 1 unspecified atom stereocenters. The van der Waals surface area contributed by atoms with Crippen molar-refractivity contribution < 1.29 is 0 Å². The van der Waals surface area contributed by atoms with Crippen molar-refractivity contribution in [3.63, 3.8) is 0 Å². The van der Waals surface area contributed by atoms with Gasteiger partial charge >= 0.3 is 0 Å². The molecule has 0 spiro atoms. The molecule has 0 saturated carbocycles. The number of nitrogens with zero attached hydrogens (tertiary/aromatic N) is 1. The summed E-state index contributed by atoms with van der Waals surface area (Å²) in [5, 5.41) is 3.73. The van der Waals surface area contributed by atoms with E-state index in [1.54, 1.807) is 0 Å². The summed E-state index contributed by atoms with van der Waals surface area (Å²) in [4.78, 5) is 2.34. The van der Waals surface area contributed by atoms with Crippen LogP contribution in [0.3, 0.4) is 0 Å². The van der Waals surface area contributed by atoms with E-state index in [-0.39, 0.29) is 0 Å². The lowest BCUT2D eigenvalue weighted by molar-refractivity contribution is 0.217. The molecule has 0 aromatic rings. The standard InChI is InChI=1S/C12H26N2S/c1-10(2)12(14(3)4)9-13-11-5-7-15-8-6-11/h10-13H,5-9H2,1-4H3. The van der Waals surface area contributed by atoms with Crippen LogP contribution < -0.4 is 5.32 Å². The van der Waals surface area contributed by atoms with Gasteiger partial charge in [-0.05, 0) is 44.4 Å². The first-order chi connectivity index (χ1) is 7.11. The van der Waals surface area contributed by atoms with E-state index >= 15 is 0 Å². The second-order valence-corrected chi connectivity index (χ2v) is 6.29. The minimum atomic E-state index is 0.666. The van der Waals surface area contributed by atoms with E-state index in [0.29, 0.717) is 6.04 Å². The summed E-state index contributed by atoms with van der Waals surface area (Å²) >= 11 is 2.10. The molecular formula is C12H26N2S. The van der Waals surface area contributed by atoms with Crippen LogP contribution in [0, 0.1) is 5.92 Å². The molecule has 15 heavy (non-hydrogen) atoms. The fourth-order valence-corrected chi connectivity index (χ4v) is 3.31. The average Bonchev–Trinajstić information content (AvgIpc) is 2.18. The van der Waals surface area contributed by atoms with Crippen LogP contribution >= 0.6 is 11.8 Å². The van der Waals surface area contributed by atoms with Crippen LogP contribution in [0.15, 0.2) is 0 Å². The van der Waals surface area contributed by atoms with Gasteiger partial charge in [0.2, 0.25) is 0 Å². The van der Waals surface area contributed by atoms with Gasteiger partial charge in [0.05, 0.1) is 0 Å². The van der Waals surface area contributed by atoms with Crippen LogP contribution in [0.2, 0.25) is 0 Å². The van der Waals surface area contributed by atoms with Crippen molar-refractivity contribution in [2.45, 2.75) is 38.8 Å². The second-order valence-electron chi connectivity index (χ2n) is 5.07. The van der Waals surface area contributed by atoms with E-state index in [9.17, 15) is 0 Å². The molecule has 3 heteroatoms. The van der Waals surface area contributed by atoms with Crippen LogP contribution in [0.25, 0.3) is 0 Å². The molecule has 1 heterocycles. The van der Waals surface area contributed by atoms with Gasteiger partial charge in [-0.25, -0.2) is 0 Å². The summed E-state index contributed by atoms with van der Waals surface area (Å²) in [5.74, 6) is 3.41. The Morgan fingerprint density at radius 2 is 1.87 bits per heavy atom. The van der Waals surface area contributed by atoms with Gasteiger partial charge in [-0.3, -0.25) is 0 Å². The van der Waals surface area contributed by atoms with Gasteiger partial charge in [0.1, 0.15) is 0 Å². The molecule has 1 aliphatic rings. The fraction of sp³-hybridized carbons (Fsp3) is 1.00. The number of likely N-dealkylation sites (N-methyl/N-ethyl adjacent to an activating group) is 1. The lowest BCUT2D eigenvalue weighted by atomic mass is 10.0. The van der Waals surface area contributed by atoms with Crippen molar-refractivity contribution in [3.05, 3.63) is 0 Å². The van der Waals surface area contributed by atoms with Gasteiger partial charge in [0.15, 0.2) is 0 Å². The maximum Gasteiger partial charge on any atom is 0.0237 e. The molecule has 90 valence electrons. The topological polar surface area (TPSA) is 15.3 Å². The minimum Gasteiger partial charge on any atom is -0.312 e. The van der Waals surface area contributed by atoms with Crippen LogP contribution in [0.5, 0.6) is 0 Å². The monoisotopic (exact) mass is 230 g/mol. The van der Waals surface area contributed by atoms with Crippen LogP contribution in [-0.2, 0) is 0 Å². The summed E-state index contributed by atoms with van der Waals surface area (Å²) in [6, 6.07) is 1.44. The molecule has 1 aliphatic heterocycles. The quantitative estimate of drug-likeness (QED) is 0.778. The van der Waals surface area contributed by atoms with Gasteiger partial charge < -0.3 is 10.2 Å². The molecule has 0 radical (unpaired) electrons. The Bertz CT molecular complexity index is 157. The Hall–Kier alpha value is 0.270. The van der Waals surface area contributed by atoms with Crippen LogP contribution in [0.1, 0.15) is 26.7 Å². The lowest BCUT2D eigenvalue weighted by Gasteiger charge is -2.31. The predicted molar refractivity (Wildman–Crippen MR) is 70.7 cm³/mol. The largest absolute Gasteiger partial charge is 0.312 e. The van der Waals surface area contributed by atoms with Gasteiger partial charge in [0, 0.05) is 18.6 Å². The van der Waals surface area contributed by atoms with Gasteiger partial charge in [-0.2, -0.15) is 11.8 Å². The van der Waals surface area contributed by atoms with Gasteiger partial charge in [-0.15, -0.1) is 0 Å². The van der Waals surface area contributed by atoms with E-state index in [4.69, 9.17) is 0 Å². The molecule has 1 rings (SSSR count). The third-order valence-corrected chi connectivity index (χ3v) is 4.32. The summed E-state index contributed by atoms with van der Waals surface area (Å²) in [6.45, 7) is 5.76. The molecular weight excluding hydrogens is 204 g/mol. The Balaban J connectivity index is 2.26. The molecule has 0 amide bonds. The average molecular weight is 230 g/mol. The molecule has 1 fully saturated rings. The highest BCUT2D eigenvalue weighted by Crippen LogP contribution is 2.17. The Morgan fingerprint density at radius 3 is 2.33 bits per heavy atom. The number of hydrogen-bond acceptors (Lipinski definition) is 3. The van der Waals surface area contributed by atoms with Crippen molar-refractivity contribution >= 4 is 11.8 Å². The molecule has 0 aromatic heterocycles. The van der Waals surface area contributed by atoms with Gasteiger partial charge in [0.25, 0.3) is 0 Å². The number of nitrogens with one attached hydrogen (secondary N) is 1. The smallest absolute Gasteiger partial charge is 0.0237 e. The zero-order valence-corrected chi connectivity index (χ0v) is 11.4. The Morgan fingerprint density at radius 1 is 1.27 bits per heavy atom. The third kappa shape index (κ3) is 4.75. The Kier molecular flexibility index (Phi) is 6.02. The molecule has 0 aromatic carbocycles. The molecule has 0 aliphatic carbocycles. The maximum atomic E-state index is 3.73. The van der Waals surface area contributed by atoms with Crippen molar-refractivity contribution in [1.29, 1.82) is 0 Å². The number of hydrogen-bond donors (Lipinski definition) is 1. The molecule has 2 nitrogen and oxygen atoms in total. The Labute approximate surface area is 99.2 Å². The number of rotatable bonds is 5. The van der Waals surface area contributed by atoms with Crippen molar-refractivity contribution in [2.24, 2.45) is 5.92 Å². The van der Waals surface area contributed by atoms with Crippen LogP contribution in [-0.4, -0.2) is 49.1 Å². The summed E-state index contributed by atoms with van der Waals surface area (Å²) in [7, 11) is 4.37. The maximum absolute atomic E-state index is 3.73. The number of thioether (sulfide) groups is 1.